The van der Waals surface area contributed by atoms with Crippen LogP contribution in [0, 0.1) is 0 Å². The van der Waals surface area contributed by atoms with Crippen molar-refractivity contribution in [2.45, 2.75) is 29.8 Å². The molecule has 0 saturated carbocycles. The zero-order chi connectivity index (χ0) is 12.0. The average molecular weight is 261 g/mol. The lowest BCUT2D eigenvalue weighted by Crippen LogP contribution is -2.26. The van der Waals surface area contributed by atoms with Crippen molar-refractivity contribution in [3.8, 4) is 0 Å². The summed E-state index contributed by atoms with van der Waals surface area (Å²) in [5, 5.41) is 1.05. The van der Waals surface area contributed by atoms with Gasteiger partial charge in [0.2, 0.25) is 0 Å². The van der Waals surface area contributed by atoms with Gasteiger partial charge in [-0.05, 0) is 30.7 Å². The molecule has 2 nitrogen and oxygen atoms in total. The van der Waals surface area contributed by atoms with Gasteiger partial charge in [0.05, 0.1) is 5.25 Å². The van der Waals surface area contributed by atoms with E-state index >= 15 is 0 Å². The number of hydrogen-bond donors (Lipinski definition) is 0. The Labute approximate surface area is 106 Å². The van der Waals surface area contributed by atoms with Crippen LogP contribution < -0.4 is 0 Å². The van der Waals surface area contributed by atoms with Crippen molar-refractivity contribution >= 4 is 23.4 Å². The zero-order valence-corrected chi connectivity index (χ0v) is 11.3. The molecule has 0 bridgehead atoms. The second kappa shape index (κ2) is 7.17. The van der Waals surface area contributed by atoms with E-state index < -0.39 is 0 Å². The molecular weight excluding hydrogens is 244 g/mol. The summed E-state index contributed by atoms with van der Waals surface area (Å²) in [4.78, 5) is 1.18. The Balaban J connectivity index is 2.65. The van der Waals surface area contributed by atoms with Crippen LogP contribution in [0.2, 0.25) is 5.02 Å². The number of hydrogen-bond acceptors (Lipinski definition) is 3. The van der Waals surface area contributed by atoms with E-state index in [0.29, 0.717) is 0 Å². The first-order chi connectivity index (χ1) is 7.71. The summed E-state index contributed by atoms with van der Waals surface area (Å²) < 4.78 is 10.6. The lowest BCUT2D eigenvalue weighted by molar-refractivity contribution is -0.102. The molecule has 0 aliphatic heterocycles. The maximum Gasteiger partial charge on any atom is 0.168 e. The normalized spacial score (nSPS) is 13.1. The number of ether oxygens (including phenoxy) is 2. The molecule has 16 heavy (non-hydrogen) atoms. The summed E-state index contributed by atoms with van der Waals surface area (Å²) in [5.41, 5.74) is 0. The summed E-state index contributed by atoms with van der Waals surface area (Å²) in [6, 6.07) is 7.81. The molecule has 0 heterocycles. The number of thioether (sulfide) groups is 1. The van der Waals surface area contributed by atoms with Crippen molar-refractivity contribution in [1.82, 2.24) is 0 Å². The average Bonchev–Trinajstić information content (AvgIpc) is 2.32. The lowest BCUT2D eigenvalue weighted by Gasteiger charge is -2.23. The topological polar surface area (TPSA) is 18.5 Å². The van der Waals surface area contributed by atoms with Crippen molar-refractivity contribution in [2.24, 2.45) is 0 Å². The fourth-order valence-corrected chi connectivity index (χ4v) is 2.69. The van der Waals surface area contributed by atoms with Gasteiger partial charge in [0, 0.05) is 24.1 Å². The molecule has 0 N–H and O–H groups in total. The smallest absolute Gasteiger partial charge is 0.168 e. The molecule has 0 spiro atoms. The van der Waals surface area contributed by atoms with Crippen LogP contribution in [0.5, 0.6) is 0 Å². The van der Waals surface area contributed by atoms with Crippen molar-refractivity contribution < 1.29 is 9.47 Å². The van der Waals surface area contributed by atoms with Crippen LogP contribution in [0.4, 0.5) is 0 Å². The van der Waals surface area contributed by atoms with Crippen LogP contribution in [0.25, 0.3) is 0 Å². The zero-order valence-electron chi connectivity index (χ0n) is 9.77. The summed E-state index contributed by atoms with van der Waals surface area (Å²) >= 11 is 7.59. The lowest BCUT2D eigenvalue weighted by atomic mass is 10.3. The highest BCUT2D eigenvalue weighted by Crippen LogP contribution is 2.29. The van der Waals surface area contributed by atoms with E-state index in [2.05, 4.69) is 6.92 Å². The Morgan fingerprint density at radius 1 is 1.19 bits per heavy atom. The van der Waals surface area contributed by atoms with Crippen molar-refractivity contribution in [3.63, 3.8) is 0 Å². The van der Waals surface area contributed by atoms with Crippen LogP contribution >= 0.6 is 23.4 Å². The van der Waals surface area contributed by atoms with E-state index in [1.807, 2.05) is 24.3 Å². The highest BCUT2D eigenvalue weighted by molar-refractivity contribution is 8.00. The monoisotopic (exact) mass is 260 g/mol. The molecule has 4 heteroatoms. The molecule has 0 aromatic heterocycles. The van der Waals surface area contributed by atoms with Gasteiger partial charge in [0.1, 0.15) is 0 Å². The number of rotatable bonds is 6. The van der Waals surface area contributed by atoms with E-state index in [9.17, 15) is 0 Å². The SMILES string of the molecule is CCC(Sc1ccc(Cl)cc1)C(OC)OC. The maximum atomic E-state index is 5.84. The first kappa shape index (κ1) is 13.8. The van der Waals surface area contributed by atoms with E-state index in [4.69, 9.17) is 21.1 Å². The molecule has 90 valence electrons. The fraction of sp³-hybridized carbons (Fsp3) is 0.500. The molecule has 0 aliphatic rings. The Morgan fingerprint density at radius 3 is 2.19 bits per heavy atom. The van der Waals surface area contributed by atoms with E-state index in [1.54, 1.807) is 26.0 Å². The standard InChI is InChI=1S/C12H17ClO2S/c1-4-11(12(14-2)15-3)16-10-7-5-9(13)6-8-10/h5-8,11-12H,4H2,1-3H3. The number of halogens is 1. The highest BCUT2D eigenvalue weighted by Gasteiger charge is 2.20. The predicted octanol–water partition coefficient (Wildman–Crippen LogP) is 3.83. The van der Waals surface area contributed by atoms with Crippen LogP contribution in [0.3, 0.4) is 0 Å². The second-order valence-electron chi connectivity index (χ2n) is 3.36. The third-order valence-electron chi connectivity index (χ3n) is 2.27. The first-order valence-electron chi connectivity index (χ1n) is 5.19. The van der Waals surface area contributed by atoms with Crippen LogP contribution in [-0.4, -0.2) is 25.8 Å². The molecule has 0 aliphatic carbocycles. The Bertz CT molecular complexity index is 298. The molecular formula is C12H17ClO2S. The Morgan fingerprint density at radius 2 is 1.75 bits per heavy atom. The molecule has 0 saturated heterocycles. The largest absolute Gasteiger partial charge is 0.355 e. The van der Waals surface area contributed by atoms with Crippen molar-refractivity contribution in [3.05, 3.63) is 29.3 Å². The highest BCUT2D eigenvalue weighted by atomic mass is 35.5. The predicted molar refractivity (Wildman–Crippen MR) is 69.2 cm³/mol. The van der Waals surface area contributed by atoms with Gasteiger partial charge >= 0.3 is 0 Å². The van der Waals surface area contributed by atoms with Gasteiger partial charge in [-0.25, -0.2) is 0 Å². The molecule has 0 fully saturated rings. The van der Waals surface area contributed by atoms with Gasteiger partial charge in [-0.2, -0.15) is 0 Å². The van der Waals surface area contributed by atoms with E-state index in [0.717, 1.165) is 11.4 Å². The Hall–Kier alpha value is -0.220. The molecule has 1 rings (SSSR count). The third-order valence-corrected chi connectivity index (χ3v) is 3.93. The van der Waals surface area contributed by atoms with Gasteiger partial charge in [-0.15, -0.1) is 11.8 Å². The quantitative estimate of drug-likeness (QED) is 0.572. The van der Waals surface area contributed by atoms with Crippen LogP contribution in [0.1, 0.15) is 13.3 Å². The summed E-state index contributed by atoms with van der Waals surface area (Å²) in [7, 11) is 3.33. The van der Waals surface area contributed by atoms with Gasteiger partial charge < -0.3 is 9.47 Å². The summed E-state index contributed by atoms with van der Waals surface area (Å²) in [5.74, 6) is 0. The molecule has 1 atom stereocenters. The van der Waals surface area contributed by atoms with Gasteiger partial charge in [0.25, 0.3) is 0 Å². The minimum Gasteiger partial charge on any atom is -0.355 e. The molecule has 1 aromatic rings. The van der Waals surface area contributed by atoms with Gasteiger partial charge in [0.15, 0.2) is 6.29 Å². The number of methoxy groups -OCH3 is 2. The molecule has 0 radical (unpaired) electrons. The van der Waals surface area contributed by atoms with Crippen molar-refractivity contribution in [2.75, 3.05) is 14.2 Å². The Kier molecular flexibility index (Phi) is 6.21. The van der Waals surface area contributed by atoms with E-state index in [1.165, 1.54) is 4.90 Å². The van der Waals surface area contributed by atoms with E-state index in [-0.39, 0.29) is 11.5 Å². The third kappa shape index (κ3) is 3.98. The number of benzene rings is 1. The molecule has 1 aromatic carbocycles. The minimum atomic E-state index is -0.175. The second-order valence-corrected chi connectivity index (χ2v) is 5.11. The van der Waals surface area contributed by atoms with Crippen molar-refractivity contribution in [1.29, 1.82) is 0 Å². The van der Waals surface area contributed by atoms with Crippen LogP contribution in [-0.2, 0) is 9.47 Å². The molecule has 0 amide bonds. The minimum absolute atomic E-state index is 0.175. The van der Waals surface area contributed by atoms with Gasteiger partial charge in [-0.3, -0.25) is 0 Å². The maximum absolute atomic E-state index is 5.84. The van der Waals surface area contributed by atoms with Crippen LogP contribution in [0.15, 0.2) is 29.2 Å². The fourth-order valence-electron chi connectivity index (χ4n) is 1.42. The molecule has 1 unspecified atom stereocenters. The van der Waals surface area contributed by atoms with Gasteiger partial charge in [-0.1, -0.05) is 18.5 Å². The first-order valence-corrected chi connectivity index (χ1v) is 6.44. The summed E-state index contributed by atoms with van der Waals surface area (Å²) in [6.45, 7) is 2.12. The summed E-state index contributed by atoms with van der Waals surface area (Å²) in [6.07, 6.45) is 0.810.